The van der Waals surface area contributed by atoms with Gasteiger partial charge in [0.15, 0.2) is 28.3 Å². The quantitative estimate of drug-likeness (QED) is 0.132. The largest absolute Gasteiger partial charge is 0.493 e. The Kier molecular flexibility index (Phi) is 9.00. The lowest BCUT2D eigenvalue weighted by Crippen LogP contribution is -2.20. The third-order valence-electron chi connectivity index (χ3n) is 5.26. The number of nitrogens with two attached hydrogens (primary N) is 4. The van der Waals surface area contributed by atoms with Gasteiger partial charge in [0.25, 0.3) is 0 Å². The molecule has 0 radical (unpaired) electrons. The lowest BCUT2D eigenvalue weighted by molar-refractivity contribution is 0.0996. The van der Waals surface area contributed by atoms with Crippen molar-refractivity contribution >= 4 is 45.6 Å². The number of aliphatic imine (C=N–C) groups is 1. The Morgan fingerprint density at radius 3 is 2.53 bits per heavy atom. The molecular formula is C24H30ClN7O2. The second kappa shape index (κ2) is 12.2. The van der Waals surface area contributed by atoms with Crippen LogP contribution in [0.4, 0.5) is 11.6 Å². The number of carbonyl (C=O) groups is 1. The van der Waals surface area contributed by atoms with Crippen molar-refractivity contribution in [1.29, 1.82) is 0 Å². The molecule has 2 aromatic carbocycles. The molecule has 9 nitrogen and oxygen atoms in total. The third kappa shape index (κ3) is 6.55. The highest BCUT2D eigenvalue weighted by molar-refractivity contribution is 6.31. The van der Waals surface area contributed by atoms with E-state index in [9.17, 15) is 4.79 Å². The first-order chi connectivity index (χ1) is 16.4. The monoisotopic (exact) mass is 483 g/mol. The average Bonchev–Trinajstić information content (AvgIpc) is 2.82. The molecule has 0 aliphatic heterocycles. The van der Waals surface area contributed by atoms with Crippen LogP contribution in [-0.4, -0.2) is 41.3 Å². The number of hydrogen-bond donors (Lipinski definition) is 4. The molecule has 3 aromatic rings. The summed E-state index contributed by atoms with van der Waals surface area (Å²) in [5.74, 6) is 0.571. The van der Waals surface area contributed by atoms with Crippen LogP contribution in [0.25, 0.3) is 10.8 Å². The number of carbonyl (C=O) groups excluding carboxylic acids is 1. The number of aryl methyl sites for hydroxylation is 1. The number of unbranched alkanes of at least 4 members (excludes halogenated alkanes) is 1. The molecule has 1 aromatic heterocycles. The predicted molar refractivity (Wildman–Crippen MR) is 137 cm³/mol. The number of anilines is 2. The minimum atomic E-state index is -0.409. The number of amidine groups is 1. The molecule has 0 spiro atoms. The van der Waals surface area contributed by atoms with Gasteiger partial charge >= 0.3 is 0 Å². The second-order valence-corrected chi connectivity index (χ2v) is 8.18. The number of nitrogens with zero attached hydrogens (tertiary/aromatic N) is 3. The molecule has 180 valence electrons. The maximum atomic E-state index is 12.4. The van der Waals surface area contributed by atoms with Crippen LogP contribution in [0.3, 0.4) is 0 Å². The Morgan fingerprint density at radius 1 is 1.00 bits per heavy atom. The van der Waals surface area contributed by atoms with Crippen molar-refractivity contribution in [3.8, 4) is 5.75 Å². The molecule has 0 unspecified atom stereocenters. The Morgan fingerprint density at radius 2 is 1.76 bits per heavy atom. The van der Waals surface area contributed by atoms with Crippen LogP contribution in [0.5, 0.6) is 5.75 Å². The van der Waals surface area contributed by atoms with Crippen molar-refractivity contribution in [1.82, 2.24) is 9.97 Å². The molecule has 0 saturated carbocycles. The maximum absolute atomic E-state index is 12.4. The number of aromatic nitrogens is 2. The summed E-state index contributed by atoms with van der Waals surface area (Å²) in [6.07, 6.45) is 3.35. The van der Waals surface area contributed by atoms with E-state index in [-0.39, 0.29) is 34.7 Å². The molecular weight excluding hydrogens is 454 g/mol. The molecule has 0 aliphatic rings. The maximum Gasteiger partial charge on any atom is 0.192 e. The van der Waals surface area contributed by atoms with E-state index < -0.39 is 5.78 Å². The van der Waals surface area contributed by atoms with Crippen LogP contribution in [-0.2, 0) is 6.42 Å². The fourth-order valence-corrected chi connectivity index (χ4v) is 3.67. The van der Waals surface area contributed by atoms with Crippen molar-refractivity contribution in [2.75, 3.05) is 31.2 Å². The van der Waals surface area contributed by atoms with E-state index in [4.69, 9.17) is 39.3 Å². The van der Waals surface area contributed by atoms with Crippen LogP contribution >= 0.6 is 11.6 Å². The van der Waals surface area contributed by atoms with Gasteiger partial charge in [0.2, 0.25) is 0 Å². The van der Waals surface area contributed by atoms with E-state index in [1.807, 2.05) is 18.2 Å². The number of fused-ring (bicyclic) bond motifs is 1. The van der Waals surface area contributed by atoms with Crippen LogP contribution in [0.2, 0.25) is 5.15 Å². The van der Waals surface area contributed by atoms with E-state index in [1.54, 1.807) is 0 Å². The molecule has 0 atom stereocenters. The number of halogens is 1. The minimum absolute atomic E-state index is 0.0288. The van der Waals surface area contributed by atoms with Crippen molar-refractivity contribution in [2.24, 2.45) is 16.5 Å². The highest BCUT2D eigenvalue weighted by Crippen LogP contribution is 2.29. The Bertz CT molecular complexity index is 1180. The number of Topliss-reactive ketones (excluding diaryl/α,β-unsaturated/α-hetero) is 1. The van der Waals surface area contributed by atoms with Crippen LogP contribution in [0.1, 0.15) is 41.7 Å². The number of benzene rings is 2. The van der Waals surface area contributed by atoms with Gasteiger partial charge in [-0.15, -0.1) is 0 Å². The SMILES string of the molecule is NCCCOc1ccc(CCCCN=C(N)CC(=O)c2nc(Cl)c(N)nc2N)c2ccccc12. The second-order valence-electron chi connectivity index (χ2n) is 7.82. The molecule has 8 N–H and O–H groups in total. The van der Waals surface area contributed by atoms with Crippen molar-refractivity contribution in [2.45, 2.75) is 32.1 Å². The van der Waals surface area contributed by atoms with Gasteiger partial charge in [-0.1, -0.05) is 41.9 Å². The van der Waals surface area contributed by atoms with Gasteiger partial charge in [0, 0.05) is 11.9 Å². The third-order valence-corrected chi connectivity index (χ3v) is 5.54. The summed E-state index contributed by atoms with van der Waals surface area (Å²) >= 11 is 5.83. The summed E-state index contributed by atoms with van der Waals surface area (Å²) in [6, 6.07) is 12.4. The topological polar surface area (TPSA) is 169 Å². The Balaban J connectivity index is 1.53. The first-order valence-corrected chi connectivity index (χ1v) is 11.5. The number of hydrogen-bond acceptors (Lipinski definition) is 8. The van der Waals surface area contributed by atoms with Gasteiger partial charge in [0.1, 0.15) is 11.6 Å². The predicted octanol–water partition coefficient (Wildman–Crippen LogP) is 3.13. The summed E-state index contributed by atoms with van der Waals surface area (Å²) in [4.78, 5) is 24.4. The van der Waals surface area contributed by atoms with E-state index in [1.165, 1.54) is 10.9 Å². The fourth-order valence-electron chi connectivity index (χ4n) is 3.54. The molecule has 0 saturated heterocycles. The lowest BCUT2D eigenvalue weighted by atomic mass is 9.99. The van der Waals surface area contributed by atoms with E-state index in [0.717, 1.165) is 36.8 Å². The lowest BCUT2D eigenvalue weighted by Gasteiger charge is -2.12. The standard InChI is InChI=1S/C24H30ClN7O2/c25-22-24(29)32-23(28)21(31-22)18(33)14-20(27)30-12-4-3-6-15-9-10-19(34-13-5-11-26)17-8-2-1-7-16(15)17/h1-2,7-10H,3-6,11-14,26H2,(H2,27,30)(H4,28,29,32). The number of ether oxygens (including phenoxy) is 1. The molecule has 0 amide bonds. The highest BCUT2D eigenvalue weighted by atomic mass is 35.5. The number of nitrogen functional groups attached to an aromatic ring is 2. The van der Waals surface area contributed by atoms with E-state index in [0.29, 0.717) is 19.7 Å². The molecule has 1 heterocycles. The van der Waals surface area contributed by atoms with Gasteiger partial charge in [-0.3, -0.25) is 9.79 Å². The summed E-state index contributed by atoms with van der Waals surface area (Å²) < 4.78 is 5.90. The zero-order chi connectivity index (χ0) is 24.5. The van der Waals surface area contributed by atoms with Gasteiger partial charge in [-0.25, -0.2) is 9.97 Å². The normalized spacial score (nSPS) is 11.6. The zero-order valence-electron chi connectivity index (χ0n) is 19.0. The summed E-state index contributed by atoms with van der Waals surface area (Å²) in [5, 5.41) is 2.21. The van der Waals surface area contributed by atoms with Crippen LogP contribution in [0.15, 0.2) is 41.4 Å². The zero-order valence-corrected chi connectivity index (χ0v) is 19.7. The fraction of sp³-hybridized carbons (Fsp3) is 0.333. The Hall–Kier alpha value is -3.43. The first-order valence-electron chi connectivity index (χ1n) is 11.1. The van der Waals surface area contributed by atoms with Gasteiger partial charge < -0.3 is 27.7 Å². The van der Waals surface area contributed by atoms with Crippen LogP contribution in [0, 0.1) is 0 Å². The smallest absolute Gasteiger partial charge is 0.192 e. The average molecular weight is 484 g/mol. The minimum Gasteiger partial charge on any atom is -0.493 e. The Labute approximate surface area is 203 Å². The van der Waals surface area contributed by atoms with E-state index >= 15 is 0 Å². The summed E-state index contributed by atoms with van der Waals surface area (Å²) in [7, 11) is 0. The highest BCUT2D eigenvalue weighted by Gasteiger charge is 2.17. The van der Waals surface area contributed by atoms with Gasteiger partial charge in [-0.05, 0) is 49.2 Å². The van der Waals surface area contributed by atoms with Crippen molar-refractivity contribution in [3.05, 3.63) is 52.8 Å². The van der Waals surface area contributed by atoms with E-state index in [2.05, 4.69) is 33.2 Å². The molecule has 0 bridgehead atoms. The van der Waals surface area contributed by atoms with Gasteiger partial charge in [0.05, 0.1) is 13.0 Å². The van der Waals surface area contributed by atoms with Crippen molar-refractivity contribution < 1.29 is 9.53 Å². The number of ketones is 1. The number of rotatable bonds is 12. The van der Waals surface area contributed by atoms with Crippen molar-refractivity contribution in [3.63, 3.8) is 0 Å². The summed E-state index contributed by atoms with van der Waals surface area (Å²) in [6.45, 7) is 1.72. The van der Waals surface area contributed by atoms with Gasteiger partial charge in [-0.2, -0.15) is 0 Å². The molecule has 0 fully saturated rings. The van der Waals surface area contributed by atoms with Crippen LogP contribution < -0.4 is 27.7 Å². The first kappa shape index (κ1) is 25.2. The molecule has 10 heteroatoms. The summed E-state index contributed by atoms with van der Waals surface area (Å²) in [5.41, 5.74) is 23.9. The molecule has 0 aliphatic carbocycles. The molecule has 34 heavy (non-hydrogen) atoms. The molecule has 3 rings (SSSR count).